The zero-order valence-corrected chi connectivity index (χ0v) is 9.81. The Morgan fingerprint density at radius 1 is 1.50 bits per heavy atom. The maximum atomic E-state index is 11.2. The molecule has 1 unspecified atom stereocenters. The van der Waals surface area contributed by atoms with E-state index in [1.54, 1.807) is 14.2 Å². The first kappa shape index (κ1) is 13.4. The molecular formula is C10H22N2O2. The van der Waals surface area contributed by atoms with E-state index in [0.29, 0.717) is 6.54 Å². The van der Waals surface area contributed by atoms with Gasteiger partial charge in [0.1, 0.15) is 0 Å². The Balaban J connectivity index is 3.86. The van der Waals surface area contributed by atoms with Crippen molar-refractivity contribution in [1.29, 1.82) is 0 Å². The Hall–Kier alpha value is -0.610. The number of amides is 1. The van der Waals surface area contributed by atoms with E-state index in [1.807, 2.05) is 20.8 Å². The molecule has 1 atom stereocenters. The Labute approximate surface area is 86.4 Å². The van der Waals surface area contributed by atoms with Crippen LogP contribution in [0.1, 0.15) is 27.2 Å². The van der Waals surface area contributed by atoms with Gasteiger partial charge >= 0.3 is 0 Å². The lowest BCUT2D eigenvalue weighted by molar-refractivity contribution is -0.121. The second-order valence-electron chi connectivity index (χ2n) is 4.17. The first-order chi connectivity index (χ1) is 6.41. The van der Waals surface area contributed by atoms with E-state index in [2.05, 4.69) is 10.6 Å². The van der Waals surface area contributed by atoms with Crippen LogP contribution in [0.15, 0.2) is 0 Å². The van der Waals surface area contributed by atoms with Crippen LogP contribution in [0.4, 0.5) is 0 Å². The van der Waals surface area contributed by atoms with E-state index in [-0.39, 0.29) is 17.6 Å². The number of nitrogens with one attached hydrogen (secondary N) is 2. The van der Waals surface area contributed by atoms with E-state index in [0.717, 1.165) is 6.42 Å². The molecule has 0 aromatic carbocycles. The molecular weight excluding hydrogens is 180 g/mol. The molecule has 0 aliphatic heterocycles. The quantitative estimate of drug-likeness (QED) is 0.660. The summed E-state index contributed by atoms with van der Waals surface area (Å²) in [6.07, 6.45) is 0.805. The predicted octanol–water partition coefficient (Wildman–Crippen LogP) is 0.526. The molecule has 0 saturated heterocycles. The van der Waals surface area contributed by atoms with Crippen LogP contribution in [0.3, 0.4) is 0 Å². The lowest BCUT2D eigenvalue weighted by Gasteiger charge is -2.27. The summed E-state index contributed by atoms with van der Waals surface area (Å²) in [5.41, 5.74) is -0.188. The maximum absolute atomic E-state index is 11.2. The molecule has 0 aromatic heterocycles. The molecule has 1 amide bonds. The Bertz CT molecular complexity index is 181. The summed E-state index contributed by atoms with van der Waals surface area (Å²) in [4.78, 5) is 11.2. The third kappa shape index (κ3) is 5.94. The van der Waals surface area contributed by atoms with Gasteiger partial charge in [0.25, 0.3) is 0 Å². The van der Waals surface area contributed by atoms with Crippen LogP contribution in [-0.4, -0.2) is 38.3 Å². The van der Waals surface area contributed by atoms with Crippen LogP contribution in [0.2, 0.25) is 0 Å². The van der Waals surface area contributed by atoms with Crippen molar-refractivity contribution in [3.63, 3.8) is 0 Å². The molecule has 4 heteroatoms. The lowest BCUT2D eigenvalue weighted by atomic mass is 10.00. The fraction of sp³-hybridized carbons (Fsp3) is 0.900. The maximum Gasteiger partial charge on any atom is 0.234 e. The molecule has 0 aromatic rings. The third-order valence-corrected chi connectivity index (χ3v) is 2.10. The molecule has 2 N–H and O–H groups in total. The van der Waals surface area contributed by atoms with Crippen LogP contribution in [-0.2, 0) is 9.53 Å². The summed E-state index contributed by atoms with van der Waals surface area (Å²) < 4.78 is 5.28. The van der Waals surface area contributed by atoms with Crippen molar-refractivity contribution in [3.8, 4) is 0 Å². The van der Waals surface area contributed by atoms with E-state index < -0.39 is 0 Å². The Kier molecular flexibility index (Phi) is 5.72. The van der Waals surface area contributed by atoms with Gasteiger partial charge in [-0.2, -0.15) is 0 Å². The molecule has 0 fully saturated rings. The average Bonchev–Trinajstić information content (AvgIpc) is 2.03. The van der Waals surface area contributed by atoms with Gasteiger partial charge in [0, 0.05) is 13.2 Å². The van der Waals surface area contributed by atoms with Crippen molar-refractivity contribution in [2.24, 2.45) is 0 Å². The molecule has 0 saturated carbocycles. The summed E-state index contributed by atoms with van der Waals surface area (Å²) in [6.45, 7) is 6.35. The standard InChI is InChI=1S/C10H22N2O2/c1-8(6-10(2,3)14-5)12-9(13)7-11-4/h8,11H,6-7H2,1-5H3,(H,12,13). The van der Waals surface area contributed by atoms with Gasteiger partial charge in [-0.1, -0.05) is 0 Å². The first-order valence-corrected chi connectivity index (χ1v) is 4.90. The fourth-order valence-electron chi connectivity index (χ4n) is 1.36. The summed E-state index contributed by atoms with van der Waals surface area (Å²) in [5.74, 6) is 0.0203. The van der Waals surface area contributed by atoms with Gasteiger partial charge in [-0.05, 0) is 34.2 Å². The fourth-order valence-corrected chi connectivity index (χ4v) is 1.36. The number of hydrogen-bond donors (Lipinski definition) is 2. The van der Waals surface area contributed by atoms with Crippen molar-refractivity contribution in [1.82, 2.24) is 10.6 Å². The van der Waals surface area contributed by atoms with Gasteiger partial charge in [0.05, 0.1) is 12.1 Å². The minimum Gasteiger partial charge on any atom is -0.379 e. The van der Waals surface area contributed by atoms with Gasteiger partial charge < -0.3 is 15.4 Å². The molecule has 0 rings (SSSR count). The number of rotatable bonds is 6. The number of carbonyl (C=O) groups excluding carboxylic acids is 1. The molecule has 0 aliphatic carbocycles. The highest BCUT2D eigenvalue weighted by atomic mass is 16.5. The van der Waals surface area contributed by atoms with Crippen molar-refractivity contribution in [2.75, 3.05) is 20.7 Å². The largest absolute Gasteiger partial charge is 0.379 e. The summed E-state index contributed by atoms with van der Waals surface area (Å²) in [6, 6.07) is 0.130. The highest BCUT2D eigenvalue weighted by Gasteiger charge is 2.20. The van der Waals surface area contributed by atoms with Crippen molar-refractivity contribution < 1.29 is 9.53 Å². The molecule has 0 radical (unpaired) electrons. The van der Waals surface area contributed by atoms with E-state index in [1.165, 1.54) is 0 Å². The molecule has 14 heavy (non-hydrogen) atoms. The lowest BCUT2D eigenvalue weighted by Crippen LogP contribution is -2.42. The van der Waals surface area contributed by atoms with Crippen LogP contribution in [0.25, 0.3) is 0 Å². The molecule has 0 spiro atoms. The van der Waals surface area contributed by atoms with Gasteiger partial charge in [-0.15, -0.1) is 0 Å². The number of hydrogen-bond acceptors (Lipinski definition) is 3. The van der Waals surface area contributed by atoms with Gasteiger partial charge in [0.2, 0.25) is 5.91 Å². The average molecular weight is 202 g/mol. The normalized spacial score (nSPS) is 13.8. The van der Waals surface area contributed by atoms with Crippen LogP contribution < -0.4 is 10.6 Å². The van der Waals surface area contributed by atoms with Crippen molar-refractivity contribution in [3.05, 3.63) is 0 Å². The predicted molar refractivity (Wildman–Crippen MR) is 57.2 cm³/mol. The monoisotopic (exact) mass is 202 g/mol. The third-order valence-electron chi connectivity index (χ3n) is 2.10. The zero-order valence-electron chi connectivity index (χ0n) is 9.81. The second kappa shape index (κ2) is 5.98. The minimum absolute atomic E-state index is 0.0203. The molecule has 0 bridgehead atoms. The smallest absolute Gasteiger partial charge is 0.234 e. The second-order valence-corrected chi connectivity index (χ2v) is 4.17. The van der Waals surface area contributed by atoms with Crippen LogP contribution >= 0.6 is 0 Å². The molecule has 0 heterocycles. The topological polar surface area (TPSA) is 50.4 Å². The van der Waals surface area contributed by atoms with E-state index in [4.69, 9.17) is 4.74 Å². The molecule has 4 nitrogen and oxygen atoms in total. The first-order valence-electron chi connectivity index (χ1n) is 4.90. The van der Waals surface area contributed by atoms with Crippen LogP contribution in [0, 0.1) is 0 Å². The molecule has 0 aliphatic rings. The Morgan fingerprint density at radius 2 is 2.07 bits per heavy atom. The highest BCUT2D eigenvalue weighted by Crippen LogP contribution is 2.14. The highest BCUT2D eigenvalue weighted by molar-refractivity contribution is 5.78. The van der Waals surface area contributed by atoms with Crippen molar-refractivity contribution >= 4 is 5.91 Å². The van der Waals surface area contributed by atoms with Gasteiger partial charge in [0.15, 0.2) is 0 Å². The number of ether oxygens (including phenoxy) is 1. The van der Waals surface area contributed by atoms with E-state index in [9.17, 15) is 4.79 Å². The zero-order chi connectivity index (χ0) is 11.2. The van der Waals surface area contributed by atoms with Crippen molar-refractivity contribution in [2.45, 2.75) is 38.8 Å². The number of methoxy groups -OCH3 is 1. The molecule has 84 valence electrons. The number of carbonyl (C=O) groups is 1. The minimum atomic E-state index is -0.188. The number of likely N-dealkylation sites (N-methyl/N-ethyl adjacent to an activating group) is 1. The summed E-state index contributed by atoms with van der Waals surface area (Å²) >= 11 is 0. The van der Waals surface area contributed by atoms with Crippen LogP contribution in [0.5, 0.6) is 0 Å². The SMILES string of the molecule is CNCC(=O)NC(C)CC(C)(C)OC. The van der Waals surface area contributed by atoms with Gasteiger partial charge in [-0.25, -0.2) is 0 Å². The summed E-state index contributed by atoms with van der Waals surface area (Å²) in [7, 11) is 3.44. The van der Waals surface area contributed by atoms with Gasteiger partial charge in [-0.3, -0.25) is 4.79 Å². The summed E-state index contributed by atoms with van der Waals surface area (Å²) in [5, 5.41) is 5.70. The Morgan fingerprint density at radius 3 is 2.50 bits per heavy atom. The van der Waals surface area contributed by atoms with E-state index >= 15 is 0 Å².